The lowest BCUT2D eigenvalue weighted by Gasteiger charge is -2.16. The SMILES string of the molecule is C=C(C)C(=O)NC(Cc1ccc(OC(=O)C(=C)C)cc1O)C(=O)O. The van der Waals surface area contributed by atoms with Crippen LogP contribution in [0.1, 0.15) is 19.4 Å². The molecule has 7 heteroatoms. The molecule has 128 valence electrons. The van der Waals surface area contributed by atoms with Gasteiger partial charge >= 0.3 is 11.9 Å². The lowest BCUT2D eigenvalue weighted by Crippen LogP contribution is -2.42. The quantitative estimate of drug-likeness (QED) is 0.396. The first-order chi connectivity index (χ1) is 11.1. The van der Waals surface area contributed by atoms with Crippen LogP contribution in [-0.2, 0) is 20.8 Å². The predicted molar refractivity (Wildman–Crippen MR) is 86.6 cm³/mol. The highest BCUT2D eigenvalue weighted by atomic mass is 16.5. The largest absolute Gasteiger partial charge is 0.508 e. The van der Waals surface area contributed by atoms with Gasteiger partial charge in [0.05, 0.1) is 0 Å². The van der Waals surface area contributed by atoms with Crippen molar-refractivity contribution >= 4 is 17.8 Å². The first-order valence-corrected chi connectivity index (χ1v) is 7.00. The summed E-state index contributed by atoms with van der Waals surface area (Å²) in [5.41, 5.74) is 0.652. The van der Waals surface area contributed by atoms with Crippen LogP contribution in [0.25, 0.3) is 0 Å². The fourth-order valence-electron chi connectivity index (χ4n) is 1.68. The molecule has 0 saturated heterocycles. The molecule has 7 nitrogen and oxygen atoms in total. The molecular formula is C17H19NO6. The van der Waals surface area contributed by atoms with Crippen LogP contribution in [0.4, 0.5) is 0 Å². The maximum atomic E-state index is 11.6. The van der Waals surface area contributed by atoms with Gasteiger partial charge in [0.2, 0.25) is 5.91 Å². The van der Waals surface area contributed by atoms with Gasteiger partial charge in [0.15, 0.2) is 0 Å². The van der Waals surface area contributed by atoms with E-state index in [1.54, 1.807) is 0 Å². The lowest BCUT2D eigenvalue weighted by molar-refractivity contribution is -0.141. The Hall–Kier alpha value is -3.09. The number of hydrogen-bond acceptors (Lipinski definition) is 5. The summed E-state index contributed by atoms with van der Waals surface area (Å²) >= 11 is 0. The third-order valence-electron chi connectivity index (χ3n) is 3.03. The Bertz CT molecular complexity index is 707. The van der Waals surface area contributed by atoms with Gasteiger partial charge in [-0.15, -0.1) is 0 Å². The number of carboxylic acids is 1. The number of nitrogens with one attached hydrogen (secondary N) is 1. The number of phenols is 1. The zero-order valence-electron chi connectivity index (χ0n) is 13.5. The van der Waals surface area contributed by atoms with Crippen LogP contribution >= 0.6 is 0 Å². The number of phenolic OH excluding ortho intramolecular Hbond substituents is 1. The van der Waals surface area contributed by atoms with Crippen LogP contribution in [-0.4, -0.2) is 34.1 Å². The number of hydrogen-bond donors (Lipinski definition) is 3. The van der Waals surface area contributed by atoms with Gasteiger partial charge in [0, 0.05) is 23.6 Å². The second-order valence-corrected chi connectivity index (χ2v) is 5.31. The lowest BCUT2D eigenvalue weighted by atomic mass is 10.0. The average Bonchev–Trinajstić information content (AvgIpc) is 2.48. The fraction of sp³-hybridized carbons (Fsp3) is 0.235. The second-order valence-electron chi connectivity index (χ2n) is 5.31. The number of amides is 1. The summed E-state index contributed by atoms with van der Waals surface area (Å²) in [4.78, 5) is 34.2. The molecule has 0 fully saturated rings. The summed E-state index contributed by atoms with van der Waals surface area (Å²) in [6.45, 7) is 9.82. The molecule has 0 spiro atoms. The summed E-state index contributed by atoms with van der Waals surface area (Å²) in [6.07, 6.45) is -0.144. The minimum Gasteiger partial charge on any atom is -0.508 e. The van der Waals surface area contributed by atoms with E-state index in [4.69, 9.17) is 4.74 Å². The summed E-state index contributed by atoms with van der Waals surface area (Å²) in [6, 6.07) is 2.79. The second kappa shape index (κ2) is 7.96. The molecule has 0 saturated carbocycles. The highest BCUT2D eigenvalue weighted by Crippen LogP contribution is 2.25. The number of aromatic hydroxyl groups is 1. The highest BCUT2D eigenvalue weighted by molar-refractivity contribution is 5.95. The van der Waals surface area contributed by atoms with Gasteiger partial charge in [0.25, 0.3) is 0 Å². The molecule has 24 heavy (non-hydrogen) atoms. The number of ether oxygens (including phenoxy) is 1. The van der Waals surface area contributed by atoms with Gasteiger partial charge in [-0.05, 0) is 25.5 Å². The molecule has 3 N–H and O–H groups in total. The summed E-state index contributed by atoms with van der Waals surface area (Å²) < 4.78 is 4.96. The van der Waals surface area contributed by atoms with Crippen LogP contribution in [0.5, 0.6) is 11.5 Å². The highest BCUT2D eigenvalue weighted by Gasteiger charge is 2.22. The number of benzene rings is 1. The number of carbonyl (C=O) groups excluding carboxylic acids is 2. The zero-order valence-corrected chi connectivity index (χ0v) is 13.5. The molecule has 1 unspecified atom stereocenters. The van der Waals surface area contributed by atoms with Crippen LogP contribution < -0.4 is 10.1 Å². The normalized spacial score (nSPS) is 11.2. The number of esters is 1. The van der Waals surface area contributed by atoms with Crippen molar-refractivity contribution in [1.29, 1.82) is 0 Å². The van der Waals surface area contributed by atoms with Crippen molar-refractivity contribution in [3.8, 4) is 11.5 Å². The van der Waals surface area contributed by atoms with Gasteiger partial charge in [-0.3, -0.25) is 4.79 Å². The van der Waals surface area contributed by atoms with E-state index < -0.39 is 23.9 Å². The Balaban J connectivity index is 2.91. The third kappa shape index (κ3) is 5.28. The van der Waals surface area contributed by atoms with E-state index in [1.165, 1.54) is 32.0 Å². The molecule has 0 aliphatic carbocycles. The Morgan fingerprint density at radius 3 is 2.29 bits per heavy atom. The standard InChI is InChI=1S/C17H19NO6/c1-9(2)15(20)18-13(16(21)22)7-11-5-6-12(8-14(11)19)24-17(23)10(3)4/h5-6,8,13,19H,1,3,7H2,2,4H3,(H,18,20)(H,21,22). The molecular weight excluding hydrogens is 314 g/mol. The monoisotopic (exact) mass is 333 g/mol. The Labute approximate surface area is 139 Å². The number of rotatable bonds is 7. The van der Waals surface area contributed by atoms with Gasteiger partial charge < -0.3 is 20.3 Å². The first kappa shape index (κ1) is 19.0. The maximum Gasteiger partial charge on any atom is 0.338 e. The average molecular weight is 333 g/mol. The fourth-order valence-corrected chi connectivity index (χ4v) is 1.68. The summed E-state index contributed by atoms with van der Waals surface area (Å²) in [5.74, 6) is -2.63. The molecule has 1 atom stereocenters. The first-order valence-electron chi connectivity index (χ1n) is 7.00. The maximum absolute atomic E-state index is 11.6. The van der Waals surface area contributed by atoms with Crippen molar-refractivity contribution in [2.24, 2.45) is 0 Å². The minimum absolute atomic E-state index is 0.0992. The van der Waals surface area contributed by atoms with E-state index in [0.29, 0.717) is 0 Å². The van der Waals surface area contributed by atoms with Crippen LogP contribution in [0, 0.1) is 0 Å². The van der Waals surface area contributed by atoms with Crippen LogP contribution in [0.3, 0.4) is 0 Å². The van der Waals surface area contributed by atoms with Gasteiger partial charge in [0.1, 0.15) is 17.5 Å². The van der Waals surface area contributed by atoms with Gasteiger partial charge in [-0.1, -0.05) is 19.2 Å². The van der Waals surface area contributed by atoms with Crippen molar-refractivity contribution in [3.63, 3.8) is 0 Å². The van der Waals surface area contributed by atoms with Crippen molar-refractivity contribution in [2.45, 2.75) is 26.3 Å². The van der Waals surface area contributed by atoms with E-state index in [2.05, 4.69) is 18.5 Å². The van der Waals surface area contributed by atoms with Crippen LogP contribution in [0.2, 0.25) is 0 Å². The molecule has 0 heterocycles. The van der Waals surface area contributed by atoms with E-state index in [-0.39, 0.29) is 34.6 Å². The Morgan fingerprint density at radius 1 is 1.21 bits per heavy atom. The van der Waals surface area contributed by atoms with Gasteiger partial charge in [-0.25, -0.2) is 9.59 Å². The smallest absolute Gasteiger partial charge is 0.338 e. The molecule has 1 rings (SSSR count). The zero-order chi connectivity index (χ0) is 18.4. The molecule has 0 radical (unpaired) electrons. The molecule has 1 amide bonds. The molecule has 0 bridgehead atoms. The van der Waals surface area contributed by atoms with Crippen molar-refractivity contribution in [3.05, 3.63) is 48.1 Å². The molecule has 0 aromatic heterocycles. The molecule has 0 aliphatic rings. The molecule has 0 aliphatic heterocycles. The molecule has 1 aromatic carbocycles. The van der Waals surface area contributed by atoms with Gasteiger partial charge in [-0.2, -0.15) is 0 Å². The predicted octanol–water partition coefficient (Wildman–Crippen LogP) is 1.56. The van der Waals surface area contributed by atoms with E-state index in [1.807, 2.05) is 0 Å². The molecule has 1 aromatic rings. The number of carbonyl (C=O) groups is 3. The van der Waals surface area contributed by atoms with Crippen LogP contribution in [0.15, 0.2) is 42.5 Å². The van der Waals surface area contributed by atoms with Crippen molar-refractivity contribution < 1.29 is 29.3 Å². The minimum atomic E-state index is -1.25. The topological polar surface area (TPSA) is 113 Å². The van der Waals surface area contributed by atoms with E-state index in [0.717, 1.165) is 0 Å². The summed E-state index contributed by atoms with van der Waals surface area (Å²) in [5, 5.41) is 21.5. The van der Waals surface area contributed by atoms with Crippen molar-refractivity contribution in [1.82, 2.24) is 5.32 Å². The Kier molecular flexibility index (Phi) is 6.29. The number of aliphatic carboxylic acids is 1. The van der Waals surface area contributed by atoms with Crippen molar-refractivity contribution in [2.75, 3.05) is 0 Å². The van der Waals surface area contributed by atoms with E-state index >= 15 is 0 Å². The Morgan fingerprint density at radius 2 is 1.83 bits per heavy atom. The third-order valence-corrected chi connectivity index (χ3v) is 3.03. The summed E-state index contributed by atoms with van der Waals surface area (Å²) in [7, 11) is 0. The van der Waals surface area contributed by atoms with E-state index in [9.17, 15) is 24.6 Å². The number of carboxylic acid groups (broad SMARTS) is 1.